The molecule has 1 aliphatic rings. The van der Waals surface area contributed by atoms with Gasteiger partial charge >= 0.3 is 6.09 Å². The van der Waals surface area contributed by atoms with Gasteiger partial charge in [0.05, 0.1) is 11.5 Å². The highest BCUT2D eigenvalue weighted by atomic mass is 79.9. The predicted molar refractivity (Wildman–Crippen MR) is 83.4 cm³/mol. The fraction of sp³-hybridized carbons (Fsp3) is 0.538. The summed E-state index contributed by atoms with van der Waals surface area (Å²) >= 11 is 5.01. The first kappa shape index (κ1) is 16.3. The van der Waals surface area contributed by atoms with E-state index < -0.39 is 6.09 Å². The lowest BCUT2D eigenvalue weighted by Crippen LogP contribution is -2.39. The van der Waals surface area contributed by atoms with Gasteiger partial charge in [-0.15, -0.1) is 11.3 Å². The first-order valence-electron chi connectivity index (χ1n) is 6.54. The minimum Gasteiger partial charge on any atom is -0.465 e. The highest BCUT2D eigenvalue weighted by Gasteiger charge is 2.28. The quantitative estimate of drug-likeness (QED) is 0.480. The number of ether oxygens (including phenoxy) is 1. The van der Waals surface area contributed by atoms with E-state index in [1.165, 1.54) is 16.2 Å². The molecule has 1 amide bonds. The molecule has 2 rings (SSSR count). The van der Waals surface area contributed by atoms with Gasteiger partial charge in [-0.25, -0.2) is 4.79 Å². The first-order valence-corrected chi connectivity index (χ1v) is 8.15. The van der Waals surface area contributed by atoms with E-state index in [0.29, 0.717) is 38.2 Å². The van der Waals surface area contributed by atoms with Crippen LogP contribution < -0.4 is 0 Å². The molecular weight excluding hydrogens is 360 g/mol. The number of methoxy groups -OCH3 is 1. The van der Waals surface area contributed by atoms with E-state index >= 15 is 0 Å². The summed E-state index contributed by atoms with van der Waals surface area (Å²) in [5.74, 6) is 0.0657. The number of oxime groups is 1. The number of carbonyl (C=O) groups is 1. The summed E-state index contributed by atoms with van der Waals surface area (Å²) in [5, 5.41) is 21.8. The van der Waals surface area contributed by atoms with Crippen molar-refractivity contribution in [2.75, 3.05) is 20.2 Å². The number of likely N-dealkylation sites (tertiary alicyclic amines) is 1. The Morgan fingerprint density at radius 3 is 2.76 bits per heavy atom. The van der Waals surface area contributed by atoms with Crippen LogP contribution in [0.5, 0.6) is 0 Å². The summed E-state index contributed by atoms with van der Waals surface area (Å²) in [6, 6.07) is 1.96. The number of amides is 1. The van der Waals surface area contributed by atoms with Gasteiger partial charge < -0.3 is 20.0 Å². The van der Waals surface area contributed by atoms with Crippen molar-refractivity contribution < 1.29 is 19.8 Å². The van der Waals surface area contributed by atoms with Crippen molar-refractivity contribution in [3.63, 3.8) is 0 Å². The van der Waals surface area contributed by atoms with Crippen LogP contribution in [0.4, 0.5) is 4.79 Å². The lowest BCUT2D eigenvalue weighted by molar-refractivity contribution is 0.131. The second-order valence-corrected chi connectivity index (χ2v) is 6.84. The van der Waals surface area contributed by atoms with Crippen LogP contribution in [0.3, 0.4) is 0 Å². The van der Waals surface area contributed by atoms with Gasteiger partial charge in [0.1, 0.15) is 5.71 Å². The van der Waals surface area contributed by atoms with Crippen LogP contribution in [0.2, 0.25) is 0 Å². The summed E-state index contributed by atoms with van der Waals surface area (Å²) < 4.78 is 5.99. The summed E-state index contributed by atoms with van der Waals surface area (Å²) in [6.07, 6.45) is 0.432. The molecule has 1 aromatic rings. The maximum absolute atomic E-state index is 10.9. The Bertz CT molecular complexity index is 538. The van der Waals surface area contributed by atoms with Crippen LogP contribution in [-0.4, -0.2) is 47.2 Å². The van der Waals surface area contributed by atoms with Gasteiger partial charge in [-0.1, -0.05) is 5.16 Å². The number of thiophene rings is 1. The molecular formula is C13H17BrN2O4S. The fourth-order valence-corrected chi connectivity index (χ4v) is 4.42. The first-order chi connectivity index (χ1) is 10.1. The summed E-state index contributed by atoms with van der Waals surface area (Å²) in [7, 11) is 1.63. The monoisotopic (exact) mass is 376 g/mol. The Morgan fingerprint density at radius 1 is 1.57 bits per heavy atom. The van der Waals surface area contributed by atoms with E-state index in [1.807, 2.05) is 6.07 Å². The van der Waals surface area contributed by atoms with Crippen LogP contribution in [0.1, 0.15) is 22.6 Å². The number of rotatable bonds is 4. The highest BCUT2D eigenvalue weighted by molar-refractivity contribution is 9.10. The molecule has 116 valence electrons. The zero-order valence-electron chi connectivity index (χ0n) is 11.6. The summed E-state index contributed by atoms with van der Waals surface area (Å²) in [6.45, 7) is 1.44. The molecule has 21 heavy (non-hydrogen) atoms. The van der Waals surface area contributed by atoms with Crippen LogP contribution >= 0.6 is 27.3 Å². The van der Waals surface area contributed by atoms with Gasteiger partial charge in [0, 0.05) is 35.5 Å². The Kier molecular flexibility index (Phi) is 5.60. The minimum atomic E-state index is -0.893. The third kappa shape index (κ3) is 3.75. The minimum absolute atomic E-state index is 0.0657. The van der Waals surface area contributed by atoms with Crippen molar-refractivity contribution in [2.24, 2.45) is 11.1 Å². The van der Waals surface area contributed by atoms with Gasteiger partial charge in [-0.2, -0.15) is 0 Å². The van der Waals surface area contributed by atoms with E-state index in [2.05, 4.69) is 21.1 Å². The molecule has 1 saturated heterocycles. The molecule has 1 aromatic heterocycles. The Balaban J connectivity index is 2.12. The molecule has 1 fully saturated rings. The van der Waals surface area contributed by atoms with Gasteiger partial charge in [-0.05, 0) is 34.8 Å². The van der Waals surface area contributed by atoms with E-state index in [-0.39, 0.29) is 5.92 Å². The van der Waals surface area contributed by atoms with Crippen LogP contribution in [0, 0.1) is 5.92 Å². The average Bonchev–Trinajstić information content (AvgIpc) is 2.82. The van der Waals surface area contributed by atoms with E-state index in [1.54, 1.807) is 7.11 Å². The Labute approximate surface area is 135 Å². The number of nitrogens with zero attached hydrogens (tertiary/aromatic N) is 2. The molecule has 0 saturated carbocycles. The number of carboxylic acid groups (broad SMARTS) is 1. The maximum atomic E-state index is 10.9. The zero-order valence-corrected chi connectivity index (χ0v) is 14.0. The van der Waals surface area contributed by atoms with Crippen LogP contribution in [0.15, 0.2) is 15.7 Å². The zero-order chi connectivity index (χ0) is 15.4. The highest BCUT2D eigenvalue weighted by Crippen LogP contribution is 2.33. The summed E-state index contributed by atoms with van der Waals surface area (Å²) in [5.41, 5.74) is 0.624. The molecule has 0 unspecified atom stereocenters. The van der Waals surface area contributed by atoms with Crippen LogP contribution in [0.25, 0.3) is 0 Å². The number of halogens is 1. The molecule has 1 aliphatic heterocycles. The van der Waals surface area contributed by atoms with Gasteiger partial charge in [0.25, 0.3) is 0 Å². The third-order valence-electron chi connectivity index (χ3n) is 3.52. The van der Waals surface area contributed by atoms with Crippen LogP contribution in [-0.2, 0) is 11.3 Å². The Morgan fingerprint density at radius 2 is 2.24 bits per heavy atom. The van der Waals surface area contributed by atoms with Crippen molar-refractivity contribution in [3.05, 3.63) is 20.3 Å². The molecule has 0 aliphatic carbocycles. The smallest absolute Gasteiger partial charge is 0.407 e. The molecule has 0 spiro atoms. The summed E-state index contributed by atoms with van der Waals surface area (Å²) in [4.78, 5) is 14.3. The normalized spacial score (nSPS) is 17.2. The molecule has 0 radical (unpaired) electrons. The topological polar surface area (TPSA) is 82.4 Å². The average molecular weight is 377 g/mol. The third-order valence-corrected chi connectivity index (χ3v) is 5.54. The molecule has 2 heterocycles. The second-order valence-electron chi connectivity index (χ2n) is 4.85. The van der Waals surface area contributed by atoms with Crippen molar-refractivity contribution in [1.29, 1.82) is 0 Å². The van der Waals surface area contributed by atoms with E-state index in [0.717, 1.165) is 14.2 Å². The number of piperidine rings is 1. The Hall–Kier alpha value is -1.12. The van der Waals surface area contributed by atoms with Crippen molar-refractivity contribution in [3.8, 4) is 0 Å². The van der Waals surface area contributed by atoms with Crippen molar-refractivity contribution >= 4 is 39.1 Å². The van der Waals surface area contributed by atoms with Gasteiger partial charge in [0.2, 0.25) is 0 Å². The fourth-order valence-electron chi connectivity index (χ4n) is 2.46. The number of hydrogen-bond donors (Lipinski definition) is 2. The molecule has 8 heteroatoms. The van der Waals surface area contributed by atoms with E-state index in [9.17, 15) is 10.0 Å². The van der Waals surface area contributed by atoms with Gasteiger partial charge in [-0.3, -0.25) is 0 Å². The molecule has 2 N–H and O–H groups in total. The SMILES string of the molecule is COCc1cc(Br)c(C(=NO)C2CCN(C(=O)O)CC2)s1. The molecule has 0 bridgehead atoms. The van der Waals surface area contributed by atoms with Crippen molar-refractivity contribution in [1.82, 2.24) is 4.90 Å². The number of hydrogen-bond acceptors (Lipinski definition) is 5. The molecule has 6 nitrogen and oxygen atoms in total. The standard InChI is InChI=1S/C13H17BrN2O4S/c1-20-7-9-6-10(14)12(21-9)11(15-19)8-2-4-16(5-3-8)13(17)18/h6,8,19H,2-5,7H2,1H3,(H,17,18). The lowest BCUT2D eigenvalue weighted by Gasteiger charge is -2.30. The molecule has 0 aromatic carbocycles. The maximum Gasteiger partial charge on any atom is 0.407 e. The predicted octanol–water partition coefficient (Wildman–Crippen LogP) is 3.23. The van der Waals surface area contributed by atoms with Gasteiger partial charge in [0.15, 0.2) is 0 Å². The second kappa shape index (κ2) is 7.24. The van der Waals surface area contributed by atoms with Crippen molar-refractivity contribution in [2.45, 2.75) is 19.4 Å². The molecule has 0 atom stereocenters. The lowest BCUT2D eigenvalue weighted by atomic mass is 9.91. The largest absolute Gasteiger partial charge is 0.465 e. The van der Waals surface area contributed by atoms with E-state index in [4.69, 9.17) is 9.84 Å².